The van der Waals surface area contributed by atoms with E-state index in [2.05, 4.69) is 10.6 Å². The smallest absolute Gasteiger partial charge is 0.314 e. The van der Waals surface area contributed by atoms with Crippen molar-refractivity contribution >= 4 is 6.03 Å². The fraction of sp³-hybridized carbons (Fsp3) is 0.533. The number of nitrogens with one attached hydrogen (secondary N) is 2. The summed E-state index contributed by atoms with van der Waals surface area (Å²) in [5, 5.41) is 5.57. The van der Waals surface area contributed by atoms with Crippen LogP contribution >= 0.6 is 0 Å². The zero-order chi connectivity index (χ0) is 14.5. The quantitative estimate of drug-likeness (QED) is 0.646. The minimum Gasteiger partial charge on any atom is -0.494 e. The molecule has 0 fully saturated rings. The highest BCUT2D eigenvalue weighted by Crippen LogP contribution is 2.07. The maximum Gasteiger partial charge on any atom is 0.314 e. The van der Waals surface area contributed by atoms with Crippen LogP contribution < -0.4 is 15.4 Å². The highest BCUT2D eigenvalue weighted by Gasteiger charge is 1.98. The first-order valence-electron chi connectivity index (χ1n) is 7.10. The number of carbonyl (C=O) groups is 1. The van der Waals surface area contributed by atoms with Crippen molar-refractivity contribution in [3.63, 3.8) is 0 Å². The zero-order valence-corrected chi connectivity index (χ0v) is 12.1. The summed E-state index contributed by atoms with van der Waals surface area (Å²) in [5.41, 5.74) is 0. The van der Waals surface area contributed by atoms with E-state index >= 15 is 0 Å². The molecule has 5 nitrogen and oxygen atoms in total. The van der Waals surface area contributed by atoms with Gasteiger partial charge in [-0.25, -0.2) is 4.79 Å². The van der Waals surface area contributed by atoms with Crippen molar-refractivity contribution in [1.29, 1.82) is 0 Å². The van der Waals surface area contributed by atoms with Crippen LogP contribution in [0.1, 0.15) is 19.8 Å². The van der Waals surface area contributed by atoms with E-state index in [-0.39, 0.29) is 6.03 Å². The number of amides is 2. The maximum atomic E-state index is 11.4. The second-order valence-corrected chi connectivity index (χ2v) is 4.25. The molecule has 0 unspecified atom stereocenters. The van der Waals surface area contributed by atoms with Crippen molar-refractivity contribution in [1.82, 2.24) is 10.6 Å². The molecule has 0 aliphatic carbocycles. The van der Waals surface area contributed by atoms with Gasteiger partial charge in [0.05, 0.1) is 6.61 Å². The van der Waals surface area contributed by atoms with Crippen LogP contribution in [0.2, 0.25) is 0 Å². The number of ether oxygens (including phenoxy) is 2. The molecule has 5 heteroatoms. The lowest BCUT2D eigenvalue weighted by Gasteiger charge is -2.08. The van der Waals surface area contributed by atoms with Crippen LogP contribution in [0.15, 0.2) is 30.3 Å². The molecule has 0 spiro atoms. The van der Waals surface area contributed by atoms with E-state index in [9.17, 15) is 4.79 Å². The Hall–Kier alpha value is -1.75. The molecule has 2 amide bonds. The lowest BCUT2D eigenvalue weighted by molar-refractivity contribution is 0.145. The average molecular weight is 280 g/mol. The predicted octanol–water partition coefficient (Wildman–Crippen LogP) is 2.18. The highest BCUT2D eigenvalue weighted by atomic mass is 16.5. The summed E-state index contributed by atoms with van der Waals surface area (Å²) in [6.07, 6.45) is 1.61. The van der Waals surface area contributed by atoms with E-state index in [1.807, 2.05) is 37.3 Å². The van der Waals surface area contributed by atoms with Gasteiger partial charge in [-0.2, -0.15) is 0 Å². The summed E-state index contributed by atoms with van der Waals surface area (Å²) in [6, 6.07) is 9.51. The summed E-state index contributed by atoms with van der Waals surface area (Å²) in [5.74, 6) is 0.855. The van der Waals surface area contributed by atoms with E-state index < -0.39 is 0 Å². The Morgan fingerprint density at radius 1 is 1.05 bits per heavy atom. The van der Waals surface area contributed by atoms with Crippen LogP contribution in [0, 0.1) is 0 Å². The second kappa shape index (κ2) is 11.1. The summed E-state index contributed by atoms with van der Waals surface area (Å²) in [4.78, 5) is 11.4. The van der Waals surface area contributed by atoms with Gasteiger partial charge in [0.2, 0.25) is 0 Å². The van der Waals surface area contributed by atoms with Crippen molar-refractivity contribution in [3.8, 4) is 5.75 Å². The average Bonchev–Trinajstić information content (AvgIpc) is 2.48. The summed E-state index contributed by atoms with van der Waals surface area (Å²) in [6.45, 7) is 5.18. The van der Waals surface area contributed by atoms with Crippen molar-refractivity contribution < 1.29 is 14.3 Å². The first-order valence-corrected chi connectivity index (χ1v) is 7.10. The van der Waals surface area contributed by atoms with Gasteiger partial charge in [0.15, 0.2) is 0 Å². The second-order valence-electron chi connectivity index (χ2n) is 4.25. The molecule has 0 bridgehead atoms. The fourth-order valence-corrected chi connectivity index (χ4v) is 1.56. The van der Waals surface area contributed by atoms with Gasteiger partial charge in [0.1, 0.15) is 5.75 Å². The molecule has 1 aromatic rings. The van der Waals surface area contributed by atoms with Crippen molar-refractivity contribution in [2.24, 2.45) is 0 Å². The first-order chi connectivity index (χ1) is 9.83. The van der Waals surface area contributed by atoms with E-state index in [0.29, 0.717) is 32.9 Å². The SMILES string of the molecule is CCOCCCNC(=O)NCCCOc1ccccc1. The molecule has 112 valence electrons. The van der Waals surface area contributed by atoms with Gasteiger partial charge < -0.3 is 20.1 Å². The molecule has 0 aliphatic heterocycles. The van der Waals surface area contributed by atoms with Crippen LogP contribution in [-0.2, 0) is 4.74 Å². The molecule has 0 radical (unpaired) electrons. The monoisotopic (exact) mass is 280 g/mol. The van der Waals surface area contributed by atoms with Crippen molar-refractivity contribution in [2.75, 3.05) is 32.9 Å². The molecule has 0 aromatic heterocycles. The number of hydrogen-bond donors (Lipinski definition) is 2. The Bertz CT molecular complexity index is 357. The molecule has 0 saturated heterocycles. The minimum atomic E-state index is -0.138. The largest absolute Gasteiger partial charge is 0.494 e. The van der Waals surface area contributed by atoms with Gasteiger partial charge in [-0.05, 0) is 31.9 Å². The number of hydrogen-bond acceptors (Lipinski definition) is 3. The Morgan fingerprint density at radius 2 is 1.70 bits per heavy atom. The van der Waals surface area contributed by atoms with Gasteiger partial charge in [0, 0.05) is 26.3 Å². The summed E-state index contributed by atoms with van der Waals surface area (Å²) in [7, 11) is 0. The molecule has 0 aliphatic rings. The Balaban J connectivity index is 1.91. The van der Waals surface area contributed by atoms with Crippen LogP contribution in [0.5, 0.6) is 5.75 Å². The molecule has 2 N–H and O–H groups in total. The summed E-state index contributed by atoms with van der Waals surface area (Å²) >= 11 is 0. The zero-order valence-electron chi connectivity index (χ0n) is 12.1. The predicted molar refractivity (Wildman–Crippen MR) is 79.1 cm³/mol. The van der Waals surface area contributed by atoms with Crippen molar-refractivity contribution in [3.05, 3.63) is 30.3 Å². The Kier molecular flexibility index (Phi) is 9.06. The number of carbonyl (C=O) groups excluding carboxylic acids is 1. The molecule has 1 rings (SSSR count). The Morgan fingerprint density at radius 3 is 2.35 bits per heavy atom. The van der Waals surface area contributed by atoms with E-state index in [1.54, 1.807) is 0 Å². The Labute approximate surface area is 120 Å². The number of urea groups is 1. The van der Waals surface area contributed by atoms with Gasteiger partial charge in [-0.3, -0.25) is 0 Å². The van der Waals surface area contributed by atoms with E-state index in [4.69, 9.17) is 9.47 Å². The molecule has 0 atom stereocenters. The fourth-order valence-electron chi connectivity index (χ4n) is 1.56. The van der Waals surface area contributed by atoms with Crippen LogP contribution in [-0.4, -0.2) is 38.9 Å². The number of rotatable bonds is 10. The van der Waals surface area contributed by atoms with Crippen LogP contribution in [0.4, 0.5) is 4.79 Å². The normalized spacial score (nSPS) is 10.1. The van der Waals surface area contributed by atoms with Gasteiger partial charge in [0.25, 0.3) is 0 Å². The molecule has 0 saturated carbocycles. The maximum absolute atomic E-state index is 11.4. The van der Waals surface area contributed by atoms with E-state index in [1.165, 1.54) is 0 Å². The standard InChI is InChI=1S/C15H24N2O3/c1-2-19-12-6-10-16-15(18)17-11-7-13-20-14-8-4-3-5-9-14/h3-5,8-9H,2,6-7,10-13H2,1H3,(H2,16,17,18). The molecular formula is C15H24N2O3. The third-order valence-electron chi connectivity index (χ3n) is 2.57. The van der Waals surface area contributed by atoms with Gasteiger partial charge in [-0.15, -0.1) is 0 Å². The first kappa shape index (κ1) is 16.3. The lowest BCUT2D eigenvalue weighted by Crippen LogP contribution is -2.37. The van der Waals surface area contributed by atoms with Crippen LogP contribution in [0.25, 0.3) is 0 Å². The van der Waals surface area contributed by atoms with Gasteiger partial charge >= 0.3 is 6.03 Å². The van der Waals surface area contributed by atoms with Crippen LogP contribution in [0.3, 0.4) is 0 Å². The molecule has 0 heterocycles. The third-order valence-corrected chi connectivity index (χ3v) is 2.57. The van der Waals surface area contributed by atoms with Crippen molar-refractivity contribution in [2.45, 2.75) is 19.8 Å². The topological polar surface area (TPSA) is 59.6 Å². The number of para-hydroxylation sites is 1. The lowest BCUT2D eigenvalue weighted by atomic mass is 10.3. The highest BCUT2D eigenvalue weighted by molar-refractivity contribution is 5.73. The third kappa shape index (κ3) is 8.37. The number of benzene rings is 1. The minimum absolute atomic E-state index is 0.138. The van der Waals surface area contributed by atoms with Gasteiger partial charge in [-0.1, -0.05) is 18.2 Å². The molecule has 20 heavy (non-hydrogen) atoms. The van der Waals surface area contributed by atoms with E-state index in [0.717, 1.165) is 18.6 Å². The molecule has 1 aromatic carbocycles. The summed E-state index contributed by atoms with van der Waals surface area (Å²) < 4.78 is 10.7. The molecular weight excluding hydrogens is 256 g/mol.